The van der Waals surface area contributed by atoms with Gasteiger partial charge in [-0.05, 0) is 5.56 Å². The molecule has 0 heterocycles. The van der Waals surface area contributed by atoms with Crippen LogP contribution in [0.5, 0.6) is 0 Å². The average Bonchev–Trinajstić information content (AvgIpc) is 2.49. The quantitative estimate of drug-likeness (QED) is 0.517. The van der Waals surface area contributed by atoms with Gasteiger partial charge >= 0.3 is 29.6 Å². The maximum Gasteiger partial charge on any atom is 1.00 e. The van der Waals surface area contributed by atoms with Gasteiger partial charge in [0.2, 0.25) is 0 Å². The summed E-state index contributed by atoms with van der Waals surface area (Å²) < 4.78 is 0. The second-order valence-corrected chi connectivity index (χ2v) is 3.60. The standard InChI is InChI=1S/C8H8O2.C7H6O2.Na/c9-6-8(10)7-4-2-1-3-5-7;8-7(9)6-4-2-1-3-5-6;/h1-5,9H,6H2;1-5H,(H,8,9);/q;;+1/p-1. The van der Waals surface area contributed by atoms with Crippen molar-refractivity contribution in [1.29, 1.82) is 0 Å². The molecule has 0 bridgehead atoms. The summed E-state index contributed by atoms with van der Waals surface area (Å²) in [7, 11) is 0. The number of carbonyl (C=O) groups excluding carboxylic acids is 2. The number of aliphatic hydroxyl groups is 1. The summed E-state index contributed by atoms with van der Waals surface area (Å²) in [5.74, 6) is -1.36. The first-order valence-corrected chi connectivity index (χ1v) is 5.60. The fourth-order valence-electron chi connectivity index (χ4n) is 1.29. The second-order valence-electron chi connectivity index (χ2n) is 3.60. The fourth-order valence-corrected chi connectivity index (χ4v) is 1.29. The van der Waals surface area contributed by atoms with Crippen LogP contribution in [0.4, 0.5) is 0 Å². The van der Waals surface area contributed by atoms with Gasteiger partial charge in [-0.2, -0.15) is 0 Å². The fraction of sp³-hybridized carbons (Fsp3) is 0.0667. The zero-order valence-electron chi connectivity index (χ0n) is 11.2. The number of aliphatic hydroxyl groups excluding tert-OH is 1. The van der Waals surface area contributed by atoms with Gasteiger partial charge in [0, 0.05) is 5.56 Å². The van der Waals surface area contributed by atoms with E-state index in [0.717, 1.165) is 0 Å². The molecule has 98 valence electrons. The van der Waals surface area contributed by atoms with E-state index >= 15 is 0 Å². The Kier molecular flexibility index (Phi) is 9.59. The monoisotopic (exact) mass is 280 g/mol. The Morgan fingerprint density at radius 2 is 1.25 bits per heavy atom. The number of rotatable bonds is 3. The van der Waals surface area contributed by atoms with Crippen LogP contribution in [0.3, 0.4) is 0 Å². The number of hydrogen-bond donors (Lipinski definition) is 1. The predicted octanol–water partition coefficient (Wildman–Crippen LogP) is -2.08. The number of hydrogen-bond acceptors (Lipinski definition) is 4. The van der Waals surface area contributed by atoms with E-state index < -0.39 is 12.6 Å². The minimum absolute atomic E-state index is 0. The molecule has 0 atom stereocenters. The smallest absolute Gasteiger partial charge is 0.545 e. The third-order valence-electron chi connectivity index (χ3n) is 2.25. The first kappa shape index (κ1) is 18.5. The molecule has 0 aromatic heterocycles. The molecule has 0 aliphatic carbocycles. The number of aromatic carboxylic acids is 1. The average molecular weight is 280 g/mol. The van der Waals surface area contributed by atoms with Crippen LogP contribution in [-0.4, -0.2) is 23.5 Å². The minimum atomic E-state index is -1.13. The first-order chi connectivity index (χ1) is 9.15. The van der Waals surface area contributed by atoms with Crippen molar-refractivity contribution in [2.75, 3.05) is 6.61 Å². The summed E-state index contributed by atoms with van der Waals surface area (Å²) in [6.45, 7) is -0.413. The molecule has 0 radical (unpaired) electrons. The van der Waals surface area contributed by atoms with Crippen LogP contribution in [0.2, 0.25) is 0 Å². The molecule has 0 amide bonds. The van der Waals surface area contributed by atoms with Gasteiger partial charge in [0.05, 0.1) is 5.97 Å². The van der Waals surface area contributed by atoms with Crippen molar-refractivity contribution >= 4 is 11.8 Å². The molecule has 20 heavy (non-hydrogen) atoms. The summed E-state index contributed by atoms with van der Waals surface area (Å²) in [6.07, 6.45) is 0. The van der Waals surface area contributed by atoms with Crippen molar-refractivity contribution in [3.63, 3.8) is 0 Å². The van der Waals surface area contributed by atoms with Gasteiger partial charge in [-0.15, -0.1) is 0 Å². The van der Waals surface area contributed by atoms with Crippen LogP contribution in [0.1, 0.15) is 20.7 Å². The number of benzene rings is 2. The molecule has 0 saturated heterocycles. The summed E-state index contributed by atoms with van der Waals surface area (Å²) in [4.78, 5) is 20.9. The zero-order chi connectivity index (χ0) is 14.1. The van der Waals surface area contributed by atoms with E-state index in [1.165, 1.54) is 12.1 Å². The largest absolute Gasteiger partial charge is 1.00 e. The first-order valence-electron chi connectivity index (χ1n) is 5.60. The van der Waals surface area contributed by atoms with Crippen molar-refractivity contribution in [3.8, 4) is 0 Å². The zero-order valence-corrected chi connectivity index (χ0v) is 13.2. The van der Waals surface area contributed by atoms with Crippen LogP contribution in [0.15, 0.2) is 60.7 Å². The van der Waals surface area contributed by atoms with Crippen LogP contribution in [-0.2, 0) is 0 Å². The van der Waals surface area contributed by atoms with Gasteiger partial charge in [-0.25, -0.2) is 0 Å². The van der Waals surface area contributed by atoms with E-state index in [1.807, 2.05) is 6.07 Å². The second kappa shape index (κ2) is 10.3. The maximum atomic E-state index is 10.8. The van der Waals surface area contributed by atoms with Crippen molar-refractivity contribution in [3.05, 3.63) is 71.8 Å². The van der Waals surface area contributed by atoms with Crippen LogP contribution in [0.25, 0.3) is 0 Å². The normalized spacial score (nSPS) is 8.65. The van der Waals surface area contributed by atoms with Gasteiger partial charge in [0.15, 0.2) is 5.78 Å². The van der Waals surface area contributed by atoms with Gasteiger partial charge in [0.25, 0.3) is 0 Å². The van der Waals surface area contributed by atoms with Crippen molar-refractivity contribution in [1.82, 2.24) is 0 Å². The van der Waals surface area contributed by atoms with Gasteiger partial charge < -0.3 is 15.0 Å². The molecule has 0 aliphatic rings. The molecule has 5 heteroatoms. The maximum absolute atomic E-state index is 10.8. The molecule has 0 aliphatic heterocycles. The molecule has 0 fully saturated rings. The Balaban J connectivity index is 0.000000345. The summed E-state index contributed by atoms with van der Waals surface area (Å²) in [5.41, 5.74) is 0.780. The Morgan fingerprint density at radius 1 is 0.850 bits per heavy atom. The minimum Gasteiger partial charge on any atom is -0.545 e. The van der Waals surface area contributed by atoms with E-state index in [2.05, 4.69) is 0 Å². The van der Waals surface area contributed by atoms with Gasteiger partial charge in [-0.3, -0.25) is 4.79 Å². The van der Waals surface area contributed by atoms with E-state index in [4.69, 9.17) is 5.11 Å². The third-order valence-corrected chi connectivity index (χ3v) is 2.25. The molecule has 0 saturated carbocycles. The van der Waals surface area contributed by atoms with Crippen LogP contribution in [0, 0.1) is 0 Å². The number of carboxylic acids is 1. The molecule has 2 aromatic carbocycles. The Hall–Kier alpha value is -1.46. The molecular weight excluding hydrogens is 267 g/mol. The Labute approximate surface area is 139 Å². The molecule has 2 aromatic rings. The van der Waals surface area contributed by atoms with Crippen LogP contribution >= 0.6 is 0 Å². The van der Waals surface area contributed by atoms with E-state index in [9.17, 15) is 14.7 Å². The van der Waals surface area contributed by atoms with Crippen molar-refractivity contribution in [2.24, 2.45) is 0 Å². The topological polar surface area (TPSA) is 77.4 Å². The molecule has 1 N–H and O–H groups in total. The number of carbonyl (C=O) groups is 2. The SMILES string of the molecule is O=C(CO)c1ccccc1.O=C([O-])c1ccccc1.[Na+]. The van der Waals surface area contributed by atoms with Gasteiger partial charge in [-0.1, -0.05) is 60.7 Å². The summed E-state index contributed by atoms with van der Waals surface area (Å²) >= 11 is 0. The number of Topliss-reactive ketones (excluding diaryl/α,β-unsaturated/α-hetero) is 1. The molecule has 2 rings (SSSR count). The predicted molar refractivity (Wildman–Crippen MR) is 68.6 cm³/mol. The van der Waals surface area contributed by atoms with E-state index in [1.54, 1.807) is 42.5 Å². The summed E-state index contributed by atoms with van der Waals surface area (Å²) in [6, 6.07) is 16.8. The molecule has 0 spiro atoms. The van der Waals surface area contributed by atoms with E-state index in [0.29, 0.717) is 5.56 Å². The van der Waals surface area contributed by atoms with Crippen molar-refractivity contribution in [2.45, 2.75) is 0 Å². The summed E-state index contributed by atoms with van der Waals surface area (Å²) in [5, 5.41) is 18.5. The van der Waals surface area contributed by atoms with Gasteiger partial charge in [0.1, 0.15) is 6.61 Å². The van der Waals surface area contributed by atoms with E-state index in [-0.39, 0.29) is 40.9 Å². The molecular formula is C15H13NaO4. The van der Waals surface area contributed by atoms with Crippen LogP contribution < -0.4 is 34.7 Å². The number of ketones is 1. The molecule has 0 unspecified atom stereocenters. The number of carboxylic acid groups (broad SMARTS) is 1. The third kappa shape index (κ3) is 6.63. The van der Waals surface area contributed by atoms with Crippen molar-refractivity contribution < 1.29 is 49.4 Å². The Bertz CT molecular complexity index is 526. The Morgan fingerprint density at radius 3 is 1.55 bits per heavy atom. The molecule has 4 nitrogen and oxygen atoms in total.